The molecule has 3 N–H and O–H groups in total. The minimum absolute atomic E-state index is 0.185. The molecule has 0 aliphatic heterocycles. The lowest BCUT2D eigenvalue weighted by atomic mass is 9.97. The number of carbonyl (C=O) groups excluding carboxylic acids is 1. The molecule has 0 saturated carbocycles. The fraction of sp³-hybridized carbons (Fsp3) is 0.138. The summed E-state index contributed by atoms with van der Waals surface area (Å²) in [4.78, 5) is 12.6. The van der Waals surface area contributed by atoms with Gasteiger partial charge in [0.15, 0.2) is 0 Å². The number of hydrogen-bond acceptors (Lipinski definition) is 7. The van der Waals surface area contributed by atoms with E-state index in [0.717, 1.165) is 44.4 Å². The number of rotatable bonds is 8. The molecule has 196 valence electrons. The molecular weight excluding hydrogens is 575 g/mol. The van der Waals surface area contributed by atoms with Crippen molar-refractivity contribution in [3.63, 3.8) is 0 Å². The van der Waals surface area contributed by atoms with Gasteiger partial charge in [0.05, 0.1) is 27.0 Å². The standard InChI is InChI=1S/C29H26Cl2N2O2S3/c1-16-10-13-22(30)27(26(16)31)33-25-15-18(11-12-21(25)29(35)38-37)14-19-6-5-9-23(17(19)2)32-24-8-4-3-7-20(24)28(34)36/h3-13,15,28,32-34,36-37H,14H2,1-2H3. The lowest BCUT2D eigenvalue weighted by molar-refractivity contribution is 0.109. The quantitative estimate of drug-likeness (QED) is 0.0792. The maximum atomic E-state index is 12.6. The van der Waals surface area contributed by atoms with Gasteiger partial charge in [0.1, 0.15) is 5.44 Å². The fourth-order valence-electron chi connectivity index (χ4n) is 4.15. The predicted molar refractivity (Wildman–Crippen MR) is 169 cm³/mol. The van der Waals surface area contributed by atoms with Crippen molar-refractivity contribution in [2.45, 2.75) is 25.7 Å². The van der Waals surface area contributed by atoms with Crippen LogP contribution in [0.3, 0.4) is 0 Å². The van der Waals surface area contributed by atoms with Crippen molar-refractivity contribution in [2.24, 2.45) is 0 Å². The van der Waals surface area contributed by atoms with Crippen LogP contribution in [0.15, 0.2) is 72.8 Å². The summed E-state index contributed by atoms with van der Waals surface area (Å²) in [5.41, 5.74) is 7.23. The van der Waals surface area contributed by atoms with Crippen molar-refractivity contribution in [1.29, 1.82) is 0 Å². The molecule has 1 atom stereocenters. The van der Waals surface area contributed by atoms with Gasteiger partial charge in [-0.05, 0) is 83.6 Å². The van der Waals surface area contributed by atoms with Gasteiger partial charge < -0.3 is 15.7 Å². The highest BCUT2D eigenvalue weighted by molar-refractivity contribution is 8.75. The topological polar surface area (TPSA) is 61.4 Å². The molecule has 4 rings (SSSR count). The Morgan fingerprint density at radius 1 is 0.947 bits per heavy atom. The van der Waals surface area contributed by atoms with Crippen molar-refractivity contribution in [2.75, 3.05) is 10.6 Å². The summed E-state index contributed by atoms with van der Waals surface area (Å²) in [7, 11) is 0.850. The summed E-state index contributed by atoms with van der Waals surface area (Å²) < 4.78 is 0. The number of anilines is 4. The molecular formula is C29H26Cl2N2O2S3. The summed E-state index contributed by atoms with van der Waals surface area (Å²) >= 11 is 21.3. The third-order valence-electron chi connectivity index (χ3n) is 6.28. The van der Waals surface area contributed by atoms with E-state index < -0.39 is 5.44 Å². The first-order valence-electron chi connectivity index (χ1n) is 11.7. The van der Waals surface area contributed by atoms with Crippen LogP contribution < -0.4 is 10.6 Å². The highest BCUT2D eigenvalue weighted by Gasteiger charge is 2.17. The smallest absolute Gasteiger partial charge is 0.231 e. The summed E-state index contributed by atoms with van der Waals surface area (Å²) in [5, 5.41) is 17.5. The Labute approximate surface area is 247 Å². The highest BCUT2D eigenvalue weighted by atomic mass is 35.5. The third kappa shape index (κ3) is 6.47. The van der Waals surface area contributed by atoms with Gasteiger partial charge in [-0.25, -0.2) is 0 Å². The van der Waals surface area contributed by atoms with Crippen LogP contribution in [-0.2, 0) is 6.42 Å². The molecule has 0 fully saturated rings. The van der Waals surface area contributed by atoms with Gasteiger partial charge >= 0.3 is 0 Å². The molecule has 0 aliphatic carbocycles. The second-order valence-corrected chi connectivity index (χ2v) is 11.2. The highest BCUT2D eigenvalue weighted by Crippen LogP contribution is 2.37. The summed E-state index contributed by atoms with van der Waals surface area (Å²) in [5.74, 6) is 0. The second-order valence-electron chi connectivity index (χ2n) is 8.79. The lowest BCUT2D eigenvalue weighted by Gasteiger charge is -2.18. The van der Waals surface area contributed by atoms with Gasteiger partial charge in [0.2, 0.25) is 5.12 Å². The number of aliphatic hydroxyl groups excluding tert-OH is 1. The van der Waals surface area contributed by atoms with E-state index in [1.807, 2.05) is 61.5 Å². The minimum Gasteiger partial charge on any atom is -0.378 e. The lowest BCUT2D eigenvalue weighted by Crippen LogP contribution is -2.04. The normalized spacial score (nSPS) is 11.8. The molecule has 0 radical (unpaired) electrons. The van der Waals surface area contributed by atoms with Crippen molar-refractivity contribution in [3.05, 3.63) is 116 Å². The monoisotopic (exact) mass is 600 g/mol. The Morgan fingerprint density at radius 2 is 1.68 bits per heavy atom. The number of aryl methyl sites for hydroxylation is 1. The van der Waals surface area contributed by atoms with Gasteiger partial charge in [-0.1, -0.05) is 65.7 Å². The van der Waals surface area contributed by atoms with E-state index in [1.54, 1.807) is 12.1 Å². The van der Waals surface area contributed by atoms with Gasteiger partial charge in [-0.2, -0.15) is 0 Å². The predicted octanol–water partition coefficient (Wildman–Crippen LogP) is 9.33. The molecule has 9 heteroatoms. The first kappa shape index (κ1) is 28.7. The van der Waals surface area contributed by atoms with Gasteiger partial charge in [-0.15, -0.1) is 24.3 Å². The maximum Gasteiger partial charge on any atom is 0.231 e. The zero-order valence-corrected chi connectivity index (χ0v) is 24.7. The third-order valence-corrected chi connectivity index (χ3v) is 8.24. The van der Waals surface area contributed by atoms with Crippen LogP contribution in [0, 0.1) is 13.8 Å². The average Bonchev–Trinajstić information content (AvgIpc) is 2.91. The Balaban J connectivity index is 1.68. The molecule has 4 nitrogen and oxygen atoms in total. The second kappa shape index (κ2) is 12.7. The maximum absolute atomic E-state index is 12.6. The van der Waals surface area contributed by atoms with Crippen LogP contribution in [0.1, 0.15) is 43.6 Å². The molecule has 0 saturated heterocycles. The van der Waals surface area contributed by atoms with Crippen LogP contribution in [0.5, 0.6) is 0 Å². The van der Waals surface area contributed by atoms with Gasteiger partial charge in [0.25, 0.3) is 0 Å². The molecule has 0 bridgehead atoms. The molecule has 38 heavy (non-hydrogen) atoms. The summed E-state index contributed by atoms with van der Waals surface area (Å²) in [6.07, 6.45) is 0.630. The Kier molecular flexibility index (Phi) is 9.63. The van der Waals surface area contributed by atoms with Crippen LogP contribution in [-0.4, -0.2) is 10.2 Å². The van der Waals surface area contributed by atoms with E-state index in [-0.39, 0.29) is 5.12 Å². The van der Waals surface area contributed by atoms with Crippen molar-refractivity contribution >= 4 is 86.2 Å². The molecule has 0 amide bonds. The molecule has 4 aromatic rings. The summed E-state index contributed by atoms with van der Waals surface area (Å²) in [6, 6.07) is 22.9. The van der Waals surface area contributed by atoms with E-state index in [1.165, 1.54) is 0 Å². The molecule has 0 spiro atoms. The van der Waals surface area contributed by atoms with E-state index in [0.29, 0.717) is 39.0 Å². The Morgan fingerprint density at radius 3 is 2.42 bits per heavy atom. The van der Waals surface area contributed by atoms with Crippen molar-refractivity contribution < 1.29 is 9.90 Å². The zero-order valence-electron chi connectivity index (χ0n) is 20.6. The number of nitrogens with one attached hydrogen (secondary N) is 2. The number of halogens is 2. The van der Waals surface area contributed by atoms with Gasteiger partial charge in [-0.3, -0.25) is 4.79 Å². The van der Waals surface area contributed by atoms with Gasteiger partial charge in [0, 0.05) is 16.9 Å². The largest absolute Gasteiger partial charge is 0.378 e. The Bertz CT molecular complexity index is 1500. The van der Waals surface area contributed by atoms with Crippen LogP contribution >= 0.6 is 58.3 Å². The van der Waals surface area contributed by atoms with Crippen LogP contribution in [0.2, 0.25) is 10.0 Å². The molecule has 0 aromatic heterocycles. The molecule has 1 unspecified atom stereocenters. The first-order valence-corrected chi connectivity index (χ1v) is 14.8. The van der Waals surface area contributed by atoms with Crippen LogP contribution in [0.25, 0.3) is 0 Å². The minimum atomic E-state index is -0.889. The van der Waals surface area contributed by atoms with E-state index in [2.05, 4.69) is 47.9 Å². The number of thiol groups is 2. The van der Waals surface area contributed by atoms with E-state index in [9.17, 15) is 9.90 Å². The number of aliphatic hydroxyl groups is 1. The van der Waals surface area contributed by atoms with Crippen LogP contribution in [0.4, 0.5) is 22.7 Å². The number of para-hydroxylation sites is 1. The Hall–Kier alpha value is -2.26. The number of benzene rings is 4. The summed E-state index contributed by atoms with van der Waals surface area (Å²) in [6.45, 7) is 3.95. The molecule has 0 heterocycles. The van der Waals surface area contributed by atoms with Crippen molar-refractivity contribution in [3.8, 4) is 0 Å². The number of carbonyl (C=O) groups is 1. The zero-order chi connectivity index (χ0) is 27.4. The van der Waals surface area contributed by atoms with E-state index >= 15 is 0 Å². The fourth-order valence-corrected chi connectivity index (χ4v) is 5.41. The number of hydrogen-bond donors (Lipinski definition) is 5. The molecule has 0 aliphatic rings. The van der Waals surface area contributed by atoms with E-state index in [4.69, 9.17) is 23.2 Å². The average molecular weight is 602 g/mol. The van der Waals surface area contributed by atoms with Crippen molar-refractivity contribution in [1.82, 2.24) is 0 Å². The molecule has 4 aromatic carbocycles. The first-order chi connectivity index (χ1) is 18.2. The SMILES string of the molecule is Cc1ccc(Cl)c(Nc2cc(Cc3cccc(Nc4ccccc4C(O)S)c3C)ccc2C(=O)SS)c1Cl.